The monoisotopic (exact) mass is 156 g/mol. The lowest BCUT2D eigenvalue weighted by atomic mass is 10.5. The van der Waals surface area contributed by atoms with Gasteiger partial charge in [-0.15, -0.1) is 0 Å². The van der Waals surface area contributed by atoms with E-state index in [2.05, 4.69) is 11.2 Å². The zero-order valence-electron chi connectivity index (χ0n) is 4.40. The second-order valence-corrected chi connectivity index (χ2v) is 4.66. The molecule has 5 heteroatoms. The first-order chi connectivity index (χ1) is 3.42. The van der Waals surface area contributed by atoms with Gasteiger partial charge in [-0.25, -0.2) is 4.21 Å². The SMILES string of the molecule is CC(O)CS(=O)(O)=S. The lowest BCUT2D eigenvalue weighted by Crippen LogP contribution is -2.15. The molecule has 0 amide bonds. The summed E-state index contributed by atoms with van der Waals surface area (Å²) in [5, 5.41) is 8.48. The second kappa shape index (κ2) is 2.72. The largest absolute Gasteiger partial charge is 0.392 e. The number of hydrogen-bond acceptors (Lipinski definition) is 3. The summed E-state index contributed by atoms with van der Waals surface area (Å²) in [5.41, 5.74) is 0. The normalized spacial score (nSPS) is 21.9. The average Bonchev–Trinajstić information content (AvgIpc) is 1.21. The highest BCUT2D eigenvalue weighted by molar-refractivity contribution is 8.29. The molecule has 2 unspecified atom stereocenters. The molecule has 0 rings (SSSR count). The van der Waals surface area contributed by atoms with Gasteiger partial charge in [0.2, 0.25) is 0 Å². The van der Waals surface area contributed by atoms with Crippen LogP contribution < -0.4 is 0 Å². The Morgan fingerprint density at radius 3 is 2.25 bits per heavy atom. The summed E-state index contributed by atoms with van der Waals surface area (Å²) >= 11 is 4.08. The van der Waals surface area contributed by atoms with Crippen LogP contribution in [0.1, 0.15) is 6.92 Å². The molecule has 0 fully saturated rings. The van der Waals surface area contributed by atoms with Crippen molar-refractivity contribution in [2.45, 2.75) is 13.0 Å². The molecule has 0 spiro atoms. The van der Waals surface area contributed by atoms with Crippen molar-refractivity contribution in [3.63, 3.8) is 0 Å². The van der Waals surface area contributed by atoms with E-state index in [-0.39, 0.29) is 5.75 Å². The van der Waals surface area contributed by atoms with Crippen molar-refractivity contribution in [2.75, 3.05) is 5.75 Å². The molecule has 2 atom stereocenters. The van der Waals surface area contributed by atoms with Crippen molar-refractivity contribution in [3.05, 3.63) is 0 Å². The molecule has 2 N–H and O–H groups in total. The molecular formula is C3H8O3S2. The maximum atomic E-state index is 10.2. The van der Waals surface area contributed by atoms with Gasteiger partial charge in [-0.05, 0) is 6.92 Å². The van der Waals surface area contributed by atoms with E-state index in [1.165, 1.54) is 6.92 Å². The molecule has 0 aliphatic carbocycles. The zero-order valence-corrected chi connectivity index (χ0v) is 6.04. The Morgan fingerprint density at radius 1 is 1.88 bits per heavy atom. The maximum absolute atomic E-state index is 10.2. The van der Waals surface area contributed by atoms with Gasteiger partial charge in [-0.3, -0.25) is 0 Å². The Kier molecular flexibility index (Phi) is 2.82. The molecule has 0 aliphatic rings. The quantitative estimate of drug-likeness (QED) is 0.570. The molecule has 8 heavy (non-hydrogen) atoms. The maximum Gasteiger partial charge on any atom is 0.144 e. The van der Waals surface area contributed by atoms with Gasteiger partial charge in [0.15, 0.2) is 0 Å². The molecule has 0 aliphatic heterocycles. The van der Waals surface area contributed by atoms with Crippen LogP contribution in [0.25, 0.3) is 0 Å². The van der Waals surface area contributed by atoms with Crippen molar-refractivity contribution in [1.82, 2.24) is 0 Å². The van der Waals surface area contributed by atoms with Crippen molar-refractivity contribution in [3.8, 4) is 0 Å². The molecule has 0 saturated heterocycles. The molecule has 3 nitrogen and oxygen atoms in total. The van der Waals surface area contributed by atoms with E-state index in [4.69, 9.17) is 9.66 Å². The van der Waals surface area contributed by atoms with Gasteiger partial charge in [0.1, 0.15) is 8.77 Å². The summed E-state index contributed by atoms with van der Waals surface area (Å²) in [6, 6.07) is 0. The van der Waals surface area contributed by atoms with Gasteiger partial charge < -0.3 is 9.66 Å². The van der Waals surface area contributed by atoms with Gasteiger partial charge in [0.25, 0.3) is 0 Å². The van der Waals surface area contributed by atoms with E-state index in [1.807, 2.05) is 0 Å². The van der Waals surface area contributed by atoms with Crippen LogP contribution in [-0.2, 0) is 20.0 Å². The highest BCUT2D eigenvalue weighted by atomic mass is 32.8. The molecule has 0 aromatic rings. The Hall–Kier alpha value is 0.290. The first-order valence-corrected chi connectivity index (χ1v) is 4.66. The van der Waals surface area contributed by atoms with Crippen LogP contribution in [0, 0.1) is 0 Å². The number of hydrogen-bond donors (Lipinski definition) is 2. The van der Waals surface area contributed by atoms with Crippen LogP contribution in [0.5, 0.6) is 0 Å². The molecule has 0 heterocycles. The molecular weight excluding hydrogens is 148 g/mol. The molecule has 0 saturated carbocycles. The smallest absolute Gasteiger partial charge is 0.144 e. The summed E-state index contributed by atoms with van der Waals surface area (Å²) in [6.07, 6.45) is -0.787. The van der Waals surface area contributed by atoms with E-state index in [9.17, 15) is 4.21 Å². The Balaban J connectivity index is 3.75. The lowest BCUT2D eigenvalue weighted by molar-refractivity contribution is 0.217. The highest BCUT2D eigenvalue weighted by Crippen LogP contribution is 1.87. The number of aliphatic hydroxyl groups excluding tert-OH is 1. The van der Waals surface area contributed by atoms with Crippen molar-refractivity contribution >= 4 is 20.0 Å². The van der Waals surface area contributed by atoms with Crippen LogP contribution >= 0.6 is 0 Å². The summed E-state index contributed by atoms with van der Waals surface area (Å²) in [6.45, 7) is 1.42. The van der Waals surface area contributed by atoms with Crippen molar-refractivity contribution < 1.29 is 13.9 Å². The first-order valence-electron chi connectivity index (χ1n) is 2.05. The van der Waals surface area contributed by atoms with Gasteiger partial charge in [-0.2, -0.15) is 0 Å². The van der Waals surface area contributed by atoms with Crippen LogP contribution in [0.15, 0.2) is 0 Å². The summed E-state index contributed by atoms with van der Waals surface area (Å²) in [4.78, 5) is 0. The highest BCUT2D eigenvalue weighted by Gasteiger charge is 2.03. The fraction of sp³-hybridized carbons (Fsp3) is 1.00. The van der Waals surface area contributed by atoms with E-state index < -0.39 is 14.9 Å². The van der Waals surface area contributed by atoms with E-state index in [0.717, 1.165) is 0 Å². The summed E-state index contributed by atoms with van der Waals surface area (Å²) < 4.78 is 18.6. The third kappa shape index (κ3) is 6.29. The first kappa shape index (κ1) is 8.29. The van der Waals surface area contributed by atoms with Crippen LogP contribution in [-0.4, -0.2) is 25.7 Å². The van der Waals surface area contributed by atoms with Crippen molar-refractivity contribution in [2.24, 2.45) is 0 Å². The van der Waals surface area contributed by atoms with Gasteiger partial charge in [0, 0.05) is 11.2 Å². The molecule has 0 aromatic carbocycles. The molecule has 50 valence electrons. The molecule has 0 aromatic heterocycles. The van der Waals surface area contributed by atoms with Gasteiger partial charge in [0.05, 0.1) is 11.9 Å². The minimum atomic E-state index is -3.14. The van der Waals surface area contributed by atoms with Crippen molar-refractivity contribution in [1.29, 1.82) is 0 Å². The van der Waals surface area contributed by atoms with Crippen LogP contribution in [0.4, 0.5) is 0 Å². The predicted octanol–water partition coefficient (Wildman–Crippen LogP) is -0.413. The van der Waals surface area contributed by atoms with Crippen LogP contribution in [0.3, 0.4) is 0 Å². The number of rotatable bonds is 2. The van der Waals surface area contributed by atoms with E-state index in [0.29, 0.717) is 0 Å². The summed E-state index contributed by atoms with van der Waals surface area (Å²) in [7, 11) is -3.14. The molecule has 0 bridgehead atoms. The topological polar surface area (TPSA) is 57.5 Å². The zero-order chi connectivity index (χ0) is 6.78. The summed E-state index contributed by atoms with van der Waals surface area (Å²) in [5.74, 6) is -0.220. The predicted molar refractivity (Wildman–Crippen MR) is 34.7 cm³/mol. The van der Waals surface area contributed by atoms with E-state index >= 15 is 0 Å². The fourth-order valence-corrected chi connectivity index (χ4v) is 1.51. The van der Waals surface area contributed by atoms with E-state index in [1.54, 1.807) is 0 Å². The van der Waals surface area contributed by atoms with Crippen LogP contribution in [0.2, 0.25) is 0 Å². The Labute approximate surface area is 53.2 Å². The standard InChI is InChI=1S/C3H8O3S2/c1-3(4)2-8(5,6)7/h3-4H,2H2,1H3,(H,5,6,7). The number of aliphatic hydroxyl groups is 1. The third-order valence-corrected chi connectivity index (χ3v) is 1.76. The second-order valence-electron chi connectivity index (χ2n) is 1.60. The average molecular weight is 156 g/mol. The minimum Gasteiger partial charge on any atom is -0.392 e. The third-order valence-electron chi connectivity index (χ3n) is 0.452. The fourth-order valence-electron chi connectivity index (χ4n) is 0.305. The lowest BCUT2D eigenvalue weighted by Gasteiger charge is -1.99. The van der Waals surface area contributed by atoms with Gasteiger partial charge in [-0.1, -0.05) is 0 Å². The Morgan fingerprint density at radius 2 is 2.25 bits per heavy atom. The minimum absolute atomic E-state index is 0.220. The van der Waals surface area contributed by atoms with Gasteiger partial charge >= 0.3 is 0 Å². The Bertz CT molecular complexity index is 146. The molecule has 0 radical (unpaired) electrons.